The van der Waals surface area contributed by atoms with Gasteiger partial charge in [-0.1, -0.05) is 20.8 Å². The Kier molecular flexibility index (Phi) is 6.96. The van der Waals surface area contributed by atoms with E-state index in [4.69, 9.17) is 4.74 Å². The number of amides is 1. The molecule has 0 aromatic carbocycles. The third kappa shape index (κ3) is 6.36. The number of nitrogens with zero attached hydrogens (tertiary/aromatic N) is 3. The molecule has 0 bridgehead atoms. The maximum atomic E-state index is 12.0. The highest BCUT2D eigenvalue weighted by atomic mass is 16.6. The highest BCUT2D eigenvalue weighted by molar-refractivity contribution is 5.76. The molecule has 0 aliphatic carbocycles. The van der Waals surface area contributed by atoms with Crippen LogP contribution in [0.1, 0.15) is 53.8 Å². The molecule has 0 radical (unpaired) electrons. The lowest BCUT2D eigenvalue weighted by atomic mass is 9.81. The minimum Gasteiger partial charge on any atom is -0.481 e. The number of aromatic nitrogens is 3. The van der Waals surface area contributed by atoms with E-state index in [1.165, 1.54) is 6.33 Å². The van der Waals surface area contributed by atoms with E-state index in [1.54, 1.807) is 32.4 Å². The highest BCUT2D eigenvalue weighted by Gasteiger charge is 2.39. The molecule has 1 aromatic rings. The van der Waals surface area contributed by atoms with Crippen LogP contribution in [0.25, 0.3) is 0 Å². The van der Waals surface area contributed by atoms with Crippen LogP contribution < -0.4 is 5.32 Å². The van der Waals surface area contributed by atoms with Gasteiger partial charge in [0, 0.05) is 19.5 Å². The lowest BCUT2D eigenvalue weighted by Gasteiger charge is -2.29. The second-order valence-electron chi connectivity index (χ2n) is 7.72. The van der Waals surface area contributed by atoms with Gasteiger partial charge in [-0.05, 0) is 33.1 Å². The number of carbonyl (C=O) groups excluding carboxylic acids is 1. The van der Waals surface area contributed by atoms with Crippen molar-refractivity contribution in [3.8, 4) is 0 Å². The molecule has 1 heterocycles. The number of ether oxygens (including phenoxy) is 1. The molecule has 0 fully saturated rings. The normalized spacial score (nSPS) is 14.2. The van der Waals surface area contributed by atoms with Gasteiger partial charge in [0.2, 0.25) is 0 Å². The summed E-state index contributed by atoms with van der Waals surface area (Å²) >= 11 is 0. The topological polar surface area (TPSA) is 106 Å². The number of rotatable bonds is 8. The van der Waals surface area contributed by atoms with Crippen molar-refractivity contribution in [3.05, 3.63) is 12.2 Å². The van der Waals surface area contributed by atoms with Gasteiger partial charge in [0.1, 0.15) is 17.8 Å². The summed E-state index contributed by atoms with van der Waals surface area (Å²) in [5.74, 6) is -0.0183. The van der Waals surface area contributed by atoms with Gasteiger partial charge in [0.15, 0.2) is 0 Å². The SMILES string of the molecule is CCC(CNC(=O)OC(C)(C)C)(Cc1ncnn1CC(C)C)C(=O)O. The Bertz CT molecular complexity index is 592. The predicted molar refractivity (Wildman–Crippen MR) is 93.2 cm³/mol. The van der Waals surface area contributed by atoms with Crippen LogP contribution in [0.5, 0.6) is 0 Å². The molecule has 8 heteroatoms. The average molecular weight is 354 g/mol. The van der Waals surface area contributed by atoms with Crippen LogP contribution in [0.4, 0.5) is 4.79 Å². The van der Waals surface area contributed by atoms with Gasteiger partial charge in [0.05, 0.1) is 5.41 Å². The number of carboxylic acids is 1. The minimum absolute atomic E-state index is 0.0394. The average Bonchev–Trinajstić information content (AvgIpc) is 2.87. The van der Waals surface area contributed by atoms with Crippen LogP contribution >= 0.6 is 0 Å². The predicted octanol–water partition coefficient (Wildman–Crippen LogP) is 2.48. The summed E-state index contributed by atoms with van der Waals surface area (Å²) in [4.78, 5) is 28.1. The molecule has 1 aromatic heterocycles. The first-order valence-corrected chi connectivity index (χ1v) is 8.56. The Balaban J connectivity index is 2.91. The molecule has 0 saturated carbocycles. The molecule has 142 valence electrons. The lowest BCUT2D eigenvalue weighted by Crippen LogP contribution is -2.46. The summed E-state index contributed by atoms with van der Waals surface area (Å²) in [6, 6.07) is 0. The van der Waals surface area contributed by atoms with E-state index >= 15 is 0 Å². The monoisotopic (exact) mass is 354 g/mol. The molecule has 0 spiro atoms. The van der Waals surface area contributed by atoms with Crippen LogP contribution in [0, 0.1) is 11.3 Å². The van der Waals surface area contributed by atoms with E-state index in [2.05, 4.69) is 29.2 Å². The Labute approximate surface area is 149 Å². The quantitative estimate of drug-likeness (QED) is 0.743. The summed E-state index contributed by atoms with van der Waals surface area (Å²) in [6.45, 7) is 11.8. The van der Waals surface area contributed by atoms with Crippen LogP contribution in [0.3, 0.4) is 0 Å². The van der Waals surface area contributed by atoms with Gasteiger partial charge in [-0.2, -0.15) is 5.10 Å². The number of aliphatic carboxylic acids is 1. The zero-order chi connectivity index (χ0) is 19.3. The Morgan fingerprint density at radius 2 is 2.00 bits per heavy atom. The van der Waals surface area contributed by atoms with Gasteiger partial charge in [-0.3, -0.25) is 4.79 Å². The van der Waals surface area contributed by atoms with Crippen molar-refractivity contribution in [1.82, 2.24) is 20.1 Å². The number of nitrogens with one attached hydrogen (secondary N) is 1. The molecule has 1 atom stereocenters. The highest BCUT2D eigenvalue weighted by Crippen LogP contribution is 2.27. The van der Waals surface area contributed by atoms with Gasteiger partial charge in [-0.15, -0.1) is 0 Å². The number of carbonyl (C=O) groups is 2. The smallest absolute Gasteiger partial charge is 0.407 e. The summed E-state index contributed by atoms with van der Waals surface area (Å²) in [7, 11) is 0. The first kappa shape index (κ1) is 20.9. The second-order valence-corrected chi connectivity index (χ2v) is 7.72. The standard InChI is InChI=1S/C17H30N4O4/c1-7-17(14(22)23,10-18-15(24)25-16(4,5)6)8-13-19-11-20-21(13)9-12(2)3/h11-12H,7-10H2,1-6H3,(H,18,24)(H,22,23). The molecular weight excluding hydrogens is 324 g/mol. The first-order chi connectivity index (χ1) is 11.5. The molecule has 25 heavy (non-hydrogen) atoms. The zero-order valence-electron chi connectivity index (χ0n) is 16.0. The van der Waals surface area contributed by atoms with Gasteiger partial charge in [-0.25, -0.2) is 14.5 Å². The fourth-order valence-electron chi connectivity index (χ4n) is 2.40. The zero-order valence-corrected chi connectivity index (χ0v) is 16.0. The second kappa shape index (κ2) is 8.31. The Morgan fingerprint density at radius 1 is 1.36 bits per heavy atom. The largest absolute Gasteiger partial charge is 0.481 e. The molecule has 1 amide bonds. The van der Waals surface area contributed by atoms with E-state index in [0.717, 1.165) is 0 Å². The fraction of sp³-hybridized carbons (Fsp3) is 0.765. The van der Waals surface area contributed by atoms with E-state index in [9.17, 15) is 14.7 Å². The molecule has 1 unspecified atom stereocenters. The molecular formula is C17H30N4O4. The van der Waals surface area contributed by atoms with Gasteiger partial charge >= 0.3 is 12.1 Å². The van der Waals surface area contributed by atoms with Crippen molar-refractivity contribution in [2.24, 2.45) is 11.3 Å². The maximum Gasteiger partial charge on any atom is 0.407 e. The van der Waals surface area contributed by atoms with Crippen LogP contribution in [0.2, 0.25) is 0 Å². The molecule has 1 rings (SSSR count). The molecule has 0 aliphatic rings. The van der Waals surface area contributed by atoms with Crippen LogP contribution in [-0.2, 0) is 22.5 Å². The Hall–Kier alpha value is -2.12. The summed E-state index contributed by atoms with van der Waals surface area (Å²) in [5, 5.41) is 16.6. The number of carboxylic acid groups (broad SMARTS) is 1. The minimum atomic E-state index is -1.17. The Morgan fingerprint density at radius 3 is 2.48 bits per heavy atom. The van der Waals surface area contributed by atoms with E-state index in [-0.39, 0.29) is 13.0 Å². The van der Waals surface area contributed by atoms with Crippen LogP contribution in [-0.4, -0.2) is 44.1 Å². The van der Waals surface area contributed by atoms with Gasteiger partial charge in [0.25, 0.3) is 0 Å². The molecule has 2 N–H and O–H groups in total. The number of alkyl carbamates (subject to hydrolysis) is 1. The van der Waals surface area contributed by atoms with Crippen LogP contribution in [0.15, 0.2) is 6.33 Å². The third-order valence-corrected chi connectivity index (χ3v) is 3.83. The van der Waals surface area contributed by atoms with Gasteiger partial charge < -0.3 is 15.2 Å². The van der Waals surface area contributed by atoms with Crippen molar-refractivity contribution in [2.75, 3.05) is 6.54 Å². The summed E-state index contributed by atoms with van der Waals surface area (Å²) in [5.41, 5.74) is -1.81. The van der Waals surface area contributed by atoms with E-state index < -0.39 is 23.1 Å². The van der Waals surface area contributed by atoms with E-state index in [1.807, 2.05) is 0 Å². The molecule has 0 saturated heterocycles. The maximum absolute atomic E-state index is 12.0. The molecule has 0 aliphatic heterocycles. The van der Waals surface area contributed by atoms with Crippen molar-refractivity contribution in [3.63, 3.8) is 0 Å². The number of hydrogen-bond donors (Lipinski definition) is 2. The third-order valence-electron chi connectivity index (χ3n) is 3.83. The van der Waals surface area contributed by atoms with Crippen molar-refractivity contribution >= 4 is 12.1 Å². The van der Waals surface area contributed by atoms with Crippen molar-refractivity contribution in [2.45, 2.75) is 66.5 Å². The lowest BCUT2D eigenvalue weighted by molar-refractivity contribution is -0.149. The fourth-order valence-corrected chi connectivity index (χ4v) is 2.40. The summed E-state index contributed by atoms with van der Waals surface area (Å²) in [6.07, 6.45) is 1.32. The number of hydrogen-bond acceptors (Lipinski definition) is 5. The van der Waals surface area contributed by atoms with E-state index in [0.29, 0.717) is 24.7 Å². The van der Waals surface area contributed by atoms with Crippen molar-refractivity contribution < 1.29 is 19.4 Å². The molecule has 8 nitrogen and oxygen atoms in total. The summed E-state index contributed by atoms with van der Waals surface area (Å²) < 4.78 is 6.92. The first-order valence-electron chi connectivity index (χ1n) is 8.56. The van der Waals surface area contributed by atoms with Crippen molar-refractivity contribution in [1.29, 1.82) is 0 Å².